The maximum absolute atomic E-state index is 12.9. The Bertz CT molecular complexity index is 574. The molecule has 1 aromatic rings. The van der Waals surface area contributed by atoms with Gasteiger partial charge in [-0.2, -0.15) is 4.31 Å². The summed E-state index contributed by atoms with van der Waals surface area (Å²) in [4.78, 5) is 0.310. The number of nitrogens with one attached hydrogen (secondary N) is 1. The fourth-order valence-electron chi connectivity index (χ4n) is 2.38. The van der Waals surface area contributed by atoms with Crippen LogP contribution >= 0.6 is 0 Å². The highest BCUT2D eigenvalue weighted by molar-refractivity contribution is 7.89. The zero-order chi connectivity index (χ0) is 15.6. The van der Waals surface area contributed by atoms with Crippen LogP contribution in [0.25, 0.3) is 0 Å². The smallest absolute Gasteiger partial charge is 0.246 e. The van der Waals surface area contributed by atoms with Gasteiger partial charge < -0.3 is 9.73 Å². The van der Waals surface area contributed by atoms with Crippen LogP contribution in [0, 0.1) is 12.8 Å². The predicted molar refractivity (Wildman–Crippen MR) is 82.6 cm³/mol. The van der Waals surface area contributed by atoms with Gasteiger partial charge in [0, 0.05) is 18.7 Å². The highest BCUT2D eigenvalue weighted by Gasteiger charge is 2.35. The van der Waals surface area contributed by atoms with Gasteiger partial charge >= 0.3 is 0 Å². The summed E-state index contributed by atoms with van der Waals surface area (Å²) in [6.45, 7) is 9.57. The van der Waals surface area contributed by atoms with Crippen molar-refractivity contribution in [3.05, 3.63) is 17.6 Å². The van der Waals surface area contributed by atoms with E-state index in [0.717, 1.165) is 19.4 Å². The van der Waals surface area contributed by atoms with Crippen LogP contribution in [0.1, 0.15) is 45.1 Å². The van der Waals surface area contributed by atoms with Crippen molar-refractivity contribution in [1.29, 1.82) is 0 Å². The summed E-state index contributed by atoms with van der Waals surface area (Å²) in [6, 6.07) is 1.62. The minimum atomic E-state index is -3.48. The second kappa shape index (κ2) is 6.50. The van der Waals surface area contributed by atoms with Crippen LogP contribution in [0.15, 0.2) is 15.4 Å². The third-order valence-electron chi connectivity index (χ3n) is 3.77. The Kier molecular flexibility index (Phi) is 5.11. The molecule has 0 saturated heterocycles. The van der Waals surface area contributed by atoms with Crippen LogP contribution in [0.4, 0.5) is 0 Å². The summed E-state index contributed by atoms with van der Waals surface area (Å²) < 4.78 is 33.0. The zero-order valence-corrected chi connectivity index (χ0v) is 14.2. The Morgan fingerprint density at radius 3 is 2.62 bits per heavy atom. The average Bonchev–Trinajstić information content (AvgIpc) is 3.15. The summed E-state index contributed by atoms with van der Waals surface area (Å²) in [6.07, 6.45) is 2.27. The van der Waals surface area contributed by atoms with E-state index >= 15 is 0 Å². The van der Waals surface area contributed by atoms with E-state index in [9.17, 15) is 8.42 Å². The summed E-state index contributed by atoms with van der Waals surface area (Å²) in [7, 11) is -3.48. The Balaban J connectivity index is 2.25. The lowest BCUT2D eigenvalue weighted by Crippen LogP contribution is -2.38. The highest BCUT2D eigenvalue weighted by atomic mass is 32.2. The van der Waals surface area contributed by atoms with Gasteiger partial charge in [-0.25, -0.2) is 8.42 Å². The fraction of sp³-hybridized carbons (Fsp3) is 0.733. The zero-order valence-electron chi connectivity index (χ0n) is 13.3. The number of furan rings is 1. The van der Waals surface area contributed by atoms with Crippen LogP contribution < -0.4 is 5.32 Å². The summed E-state index contributed by atoms with van der Waals surface area (Å²) in [5.41, 5.74) is 0. The first-order valence-corrected chi connectivity index (χ1v) is 9.12. The monoisotopic (exact) mass is 314 g/mol. The summed E-state index contributed by atoms with van der Waals surface area (Å²) >= 11 is 0. The van der Waals surface area contributed by atoms with Gasteiger partial charge in [0.15, 0.2) is 0 Å². The van der Waals surface area contributed by atoms with E-state index in [1.54, 1.807) is 17.3 Å². The number of rotatable bonds is 8. The molecule has 5 nitrogen and oxygen atoms in total. The van der Waals surface area contributed by atoms with Gasteiger partial charge in [0.05, 0.1) is 6.54 Å². The lowest BCUT2D eigenvalue weighted by Gasteiger charge is -2.25. The minimum Gasteiger partial charge on any atom is -0.464 e. The van der Waals surface area contributed by atoms with Gasteiger partial charge in [-0.05, 0) is 46.1 Å². The second-order valence-corrected chi connectivity index (χ2v) is 7.88. The molecule has 0 aliphatic heterocycles. The lowest BCUT2D eigenvalue weighted by atomic mass is 10.3. The van der Waals surface area contributed by atoms with Crippen molar-refractivity contribution in [2.45, 2.75) is 58.0 Å². The van der Waals surface area contributed by atoms with Gasteiger partial charge in [-0.1, -0.05) is 6.92 Å². The highest BCUT2D eigenvalue weighted by Crippen LogP contribution is 2.33. The lowest BCUT2D eigenvalue weighted by molar-refractivity contribution is 0.341. The first-order chi connectivity index (χ1) is 9.86. The average molecular weight is 314 g/mol. The fourth-order valence-corrected chi connectivity index (χ4v) is 4.28. The van der Waals surface area contributed by atoms with Crippen LogP contribution in [0.5, 0.6) is 0 Å². The molecule has 0 bridgehead atoms. The molecule has 120 valence electrons. The predicted octanol–water partition coefficient (Wildman–Crippen LogP) is 2.51. The Morgan fingerprint density at radius 1 is 1.43 bits per heavy atom. The molecule has 1 N–H and O–H groups in total. The van der Waals surface area contributed by atoms with Gasteiger partial charge in [0.1, 0.15) is 16.4 Å². The van der Waals surface area contributed by atoms with Gasteiger partial charge in [0.2, 0.25) is 10.0 Å². The van der Waals surface area contributed by atoms with Crippen LogP contribution in [-0.2, 0) is 16.6 Å². The molecule has 0 radical (unpaired) electrons. The molecule has 1 aliphatic rings. The second-order valence-electron chi connectivity index (χ2n) is 6.03. The van der Waals surface area contributed by atoms with Crippen molar-refractivity contribution < 1.29 is 12.8 Å². The van der Waals surface area contributed by atoms with Crippen molar-refractivity contribution in [3.63, 3.8) is 0 Å². The van der Waals surface area contributed by atoms with E-state index < -0.39 is 10.0 Å². The maximum Gasteiger partial charge on any atom is 0.246 e. The van der Waals surface area contributed by atoms with Gasteiger partial charge in [-0.3, -0.25) is 0 Å². The first kappa shape index (κ1) is 16.5. The van der Waals surface area contributed by atoms with Crippen molar-refractivity contribution in [2.75, 3.05) is 13.1 Å². The number of aryl methyl sites for hydroxylation is 1. The molecule has 0 aromatic carbocycles. The van der Waals surface area contributed by atoms with Crippen molar-refractivity contribution in [2.24, 2.45) is 5.92 Å². The third kappa shape index (κ3) is 3.87. The molecule has 1 saturated carbocycles. The Morgan fingerprint density at radius 2 is 2.10 bits per heavy atom. The number of sulfonamides is 1. The molecule has 1 aliphatic carbocycles. The first-order valence-electron chi connectivity index (χ1n) is 7.68. The van der Waals surface area contributed by atoms with E-state index in [1.807, 2.05) is 20.8 Å². The van der Waals surface area contributed by atoms with E-state index in [1.165, 1.54) is 0 Å². The molecule has 0 amide bonds. The molecular formula is C15H26N2O3S. The quantitative estimate of drug-likeness (QED) is 0.801. The van der Waals surface area contributed by atoms with Crippen LogP contribution in [-0.4, -0.2) is 31.9 Å². The molecule has 0 unspecified atom stereocenters. The van der Waals surface area contributed by atoms with Gasteiger partial charge in [-0.15, -0.1) is 0 Å². The molecule has 6 heteroatoms. The van der Waals surface area contributed by atoms with E-state index in [2.05, 4.69) is 5.32 Å². The molecule has 1 aromatic heterocycles. The topological polar surface area (TPSA) is 62.6 Å². The Labute approximate surface area is 127 Å². The van der Waals surface area contributed by atoms with E-state index in [-0.39, 0.29) is 6.04 Å². The summed E-state index contributed by atoms with van der Waals surface area (Å²) in [5.74, 6) is 1.67. The molecule has 1 fully saturated rings. The number of hydrogen-bond donors (Lipinski definition) is 1. The standard InChI is InChI=1S/C15H26N2O3S/c1-5-16-9-14-8-15(12(4)20-14)21(18,19)17(11(2)3)10-13-6-7-13/h8,11,13,16H,5-7,9-10H2,1-4H3. The number of nitrogens with zero attached hydrogens (tertiary/aromatic N) is 1. The van der Waals surface area contributed by atoms with Crippen LogP contribution in [0.2, 0.25) is 0 Å². The largest absolute Gasteiger partial charge is 0.464 e. The molecular weight excluding hydrogens is 288 g/mol. The third-order valence-corrected chi connectivity index (χ3v) is 5.92. The van der Waals surface area contributed by atoms with Crippen LogP contribution in [0.3, 0.4) is 0 Å². The molecule has 0 atom stereocenters. The van der Waals surface area contributed by atoms with E-state index in [4.69, 9.17) is 4.42 Å². The number of hydrogen-bond acceptors (Lipinski definition) is 4. The van der Waals surface area contributed by atoms with Crippen molar-refractivity contribution >= 4 is 10.0 Å². The SMILES string of the molecule is CCNCc1cc(S(=O)(=O)N(CC2CC2)C(C)C)c(C)o1. The molecule has 2 rings (SSSR count). The normalized spacial score (nSPS) is 16.1. The Hall–Kier alpha value is -0.850. The molecule has 0 spiro atoms. The molecule has 1 heterocycles. The van der Waals surface area contributed by atoms with Gasteiger partial charge in [0.25, 0.3) is 0 Å². The van der Waals surface area contributed by atoms with Crippen molar-refractivity contribution in [3.8, 4) is 0 Å². The van der Waals surface area contributed by atoms with Crippen molar-refractivity contribution in [1.82, 2.24) is 9.62 Å². The summed E-state index contributed by atoms with van der Waals surface area (Å²) in [5, 5.41) is 3.15. The van der Waals surface area contributed by atoms with E-state index in [0.29, 0.717) is 35.4 Å². The molecule has 21 heavy (non-hydrogen) atoms. The maximum atomic E-state index is 12.9. The minimum absolute atomic E-state index is 0.0397.